The minimum Gasteiger partial charge on any atom is -0.487 e. The highest BCUT2D eigenvalue weighted by Gasteiger charge is 2.22. The van der Waals surface area contributed by atoms with Crippen molar-refractivity contribution in [3.63, 3.8) is 0 Å². The fraction of sp³-hybridized carbons (Fsp3) is 0.444. The van der Waals surface area contributed by atoms with E-state index in [9.17, 15) is 4.79 Å². The van der Waals surface area contributed by atoms with Crippen LogP contribution in [0, 0.1) is 12.3 Å². The molecular formula is C18H27Cl2N3O2S. The van der Waals surface area contributed by atoms with Gasteiger partial charge in [0, 0.05) is 24.5 Å². The van der Waals surface area contributed by atoms with E-state index in [-0.39, 0.29) is 36.1 Å². The van der Waals surface area contributed by atoms with E-state index in [0.717, 1.165) is 10.7 Å². The van der Waals surface area contributed by atoms with E-state index in [1.807, 2.05) is 38.3 Å². The van der Waals surface area contributed by atoms with Crippen LogP contribution in [0.3, 0.4) is 0 Å². The number of aromatic nitrogens is 1. The maximum Gasteiger partial charge on any atom is 0.253 e. The van der Waals surface area contributed by atoms with Crippen LogP contribution < -0.4 is 10.5 Å². The van der Waals surface area contributed by atoms with Crippen LogP contribution in [-0.4, -0.2) is 35.9 Å². The number of hydrogen-bond donors (Lipinski definition) is 1. The first-order valence-corrected chi connectivity index (χ1v) is 8.78. The molecule has 2 aromatic rings. The highest BCUT2D eigenvalue weighted by Crippen LogP contribution is 2.19. The van der Waals surface area contributed by atoms with Crippen LogP contribution in [-0.2, 0) is 6.61 Å². The molecule has 0 saturated heterocycles. The highest BCUT2D eigenvalue weighted by molar-refractivity contribution is 7.09. The van der Waals surface area contributed by atoms with Gasteiger partial charge in [-0.05, 0) is 37.1 Å². The van der Waals surface area contributed by atoms with Gasteiger partial charge in [-0.15, -0.1) is 36.2 Å². The monoisotopic (exact) mass is 419 g/mol. The lowest BCUT2D eigenvalue weighted by molar-refractivity contribution is 0.0740. The molecule has 0 radical (unpaired) electrons. The Bertz CT molecular complexity index is 707. The Hall–Kier alpha value is -1.34. The summed E-state index contributed by atoms with van der Waals surface area (Å²) >= 11 is 1.60. The molecule has 146 valence electrons. The Morgan fingerprint density at radius 1 is 1.35 bits per heavy atom. The summed E-state index contributed by atoms with van der Waals surface area (Å²) < 4.78 is 5.75. The largest absolute Gasteiger partial charge is 0.487 e. The van der Waals surface area contributed by atoms with E-state index < -0.39 is 0 Å². The predicted octanol–water partition coefficient (Wildman–Crippen LogP) is 3.93. The first-order chi connectivity index (χ1) is 11.3. The van der Waals surface area contributed by atoms with Crippen molar-refractivity contribution in [3.05, 3.63) is 45.9 Å². The number of aryl methyl sites for hydroxylation is 1. The predicted molar refractivity (Wildman–Crippen MR) is 112 cm³/mol. The van der Waals surface area contributed by atoms with E-state index in [1.165, 1.54) is 0 Å². The molecular weight excluding hydrogens is 393 g/mol. The van der Waals surface area contributed by atoms with E-state index in [1.54, 1.807) is 35.4 Å². The van der Waals surface area contributed by atoms with Gasteiger partial charge in [0.1, 0.15) is 12.4 Å². The Labute approximate surface area is 171 Å². The van der Waals surface area contributed by atoms with Gasteiger partial charge in [0.15, 0.2) is 0 Å². The van der Waals surface area contributed by atoms with Gasteiger partial charge in [-0.25, -0.2) is 4.98 Å². The molecule has 26 heavy (non-hydrogen) atoms. The number of rotatable bonds is 7. The number of nitrogens with zero attached hydrogens (tertiary/aromatic N) is 2. The molecule has 8 heteroatoms. The molecule has 0 unspecified atom stereocenters. The van der Waals surface area contributed by atoms with Crippen LogP contribution in [0.15, 0.2) is 29.6 Å². The lowest BCUT2D eigenvalue weighted by Crippen LogP contribution is -2.39. The Morgan fingerprint density at radius 2 is 2.04 bits per heavy atom. The van der Waals surface area contributed by atoms with Crippen molar-refractivity contribution in [1.29, 1.82) is 0 Å². The van der Waals surface area contributed by atoms with Gasteiger partial charge in [0.05, 0.1) is 10.7 Å². The van der Waals surface area contributed by atoms with Crippen LogP contribution >= 0.6 is 36.2 Å². The summed E-state index contributed by atoms with van der Waals surface area (Å²) in [7, 11) is 1.80. The third-order valence-electron chi connectivity index (χ3n) is 3.70. The summed E-state index contributed by atoms with van der Waals surface area (Å²) in [4.78, 5) is 18.7. The van der Waals surface area contributed by atoms with Crippen molar-refractivity contribution in [2.75, 3.05) is 20.1 Å². The van der Waals surface area contributed by atoms with Crippen molar-refractivity contribution < 1.29 is 9.53 Å². The average molecular weight is 420 g/mol. The van der Waals surface area contributed by atoms with E-state index in [2.05, 4.69) is 4.98 Å². The molecule has 1 aromatic carbocycles. The minimum absolute atomic E-state index is 0. The van der Waals surface area contributed by atoms with Crippen molar-refractivity contribution in [2.24, 2.45) is 11.1 Å². The Kier molecular flexibility index (Phi) is 10.2. The summed E-state index contributed by atoms with van der Waals surface area (Å²) in [6, 6.07) is 7.25. The average Bonchev–Trinajstić information content (AvgIpc) is 2.97. The summed E-state index contributed by atoms with van der Waals surface area (Å²) in [6.07, 6.45) is 0. The number of halogens is 2. The van der Waals surface area contributed by atoms with Crippen molar-refractivity contribution >= 4 is 42.1 Å². The van der Waals surface area contributed by atoms with E-state index in [0.29, 0.717) is 31.0 Å². The number of nitrogens with two attached hydrogens (primary N) is 1. The normalized spacial score (nSPS) is 10.5. The summed E-state index contributed by atoms with van der Waals surface area (Å²) in [5.74, 6) is 0.629. The fourth-order valence-electron chi connectivity index (χ4n) is 2.35. The lowest BCUT2D eigenvalue weighted by Gasteiger charge is -2.29. The van der Waals surface area contributed by atoms with Crippen molar-refractivity contribution in [1.82, 2.24) is 9.88 Å². The third kappa shape index (κ3) is 7.11. The molecule has 0 aliphatic rings. The smallest absolute Gasteiger partial charge is 0.253 e. The molecule has 0 fully saturated rings. The summed E-state index contributed by atoms with van der Waals surface area (Å²) in [5, 5.41) is 2.99. The molecule has 0 atom stereocenters. The van der Waals surface area contributed by atoms with Gasteiger partial charge in [-0.3, -0.25) is 4.79 Å². The second-order valence-corrected chi connectivity index (χ2v) is 7.77. The first-order valence-electron chi connectivity index (χ1n) is 7.90. The van der Waals surface area contributed by atoms with Crippen LogP contribution in [0.25, 0.3) is 0 Å². The zero-order valence-electron chi connectivity index (χ0n) is 15.5. The summed E-state index contributed by atoms with van der Waals surface area (Å²) in [6.45, 7) is 7.59. The van der Waals surface area contributed by atoms with Gasteiger partial charge < -0.3 is 15.4 Å². The van der Waals surface area contributed by atoms with E-state index >= 15 is 0 Å². The number of thiazole rings is 1. The quantitative estimate of drug-likeness (QED) is 0.737. The molecule has 1 aromatic heterocycles. The van der Waals surface area contributed by atoms with Gasteiger partial charge in [0.25, 0.3) is 5.91 Å². The van der Waals surface area contributed by atoms with Gasteiger partial charge in [-0.1, -0.05) is 19.9 Å². The number of amides is 1. The molecule has 0 saturated carbocycles. The SMILES string of the molecule is Cc1nc(COc2cccc(C(=O)N(C)CC(C)(C)CN)c2)cs1.Cl.Cl. The number of hydrogen-bond acceptors (Lipinski definition) is 5. The van der Waals surface area contributed by atoms with Gasteiger partial charge in [-0.2, -0.15) is 0 Å². The summed E-state index contributed by atoms with van der Waals surface area (Å²) in [5.41, 5.74) is 7.15. The van der Waals surface area contributed by atoms with Crippen LogP contribution in [0.5, 0.6) is 5.75 Å². The number of ether oxygens (including phenoxy) is 1. The second-order valence-electron chi connectivity index (χ2n) is 6.70. The molecule has 1 amide bonds. The Morgan fingerprint density at radius 3 is 2.62 bits per heavy atom. The van der Waals surface area contributed by atoms with Crippen LogP contribution in [0.4, 0.5) is 0 Å². The van der Waals surface area contributed by atoms with Gasteiger partial charge >= 0.3 is 0 Å². The van der Waals surface area contributed by atoms with E-state index in [4.69, 9.17) is 10.5 Å². The standard InChI is InChI=1S/C18H25N3O2S.2ClH/c1-13-20-15(10-24-13)9-23-16-7-5-6-14(8-16)17(22)21(4)12-18(2,3)11-19;;/h5-8,10H,9,11-12,19H2,1-4H3;2*1H. The van der Waals surface area contributed by atoms with Crippen molar-refractivity contribution in [3.8, 4) is 5.75 Å². The molecule has 0 aliphatic heterocycles. The lowest BCUT2D eigenvalue weighted by atomic mass is 9.93. The second kappa shape index (κ2) is 10.7. The van der Waals surface area contributed by atoms with Crippen molar-refractivity contribution in [2.45, 2.75) is 27.4 Å². The fourth-order valence-corrected chi connectivity index (χ4v) is 2.95. The van der Waals surface area contributed by atoms with Crippen LogP contribution in [0.2, 0.25) is 0 Å². The van der Waals surface area contributed by atoms with Gasteiger partial charge in [0.2, 0.25) is 0 Å². The zero-order chi connectivity index (χ0) is 17.7. The molecule has 0 aliphatic carbocycles. The third-order valence-corrected chi connectivity index (χ3v) is 4.52. The number of carbonyl (C=O) groups excluding carboxylic acids is 1. The maximum atomic E-state index is 12.6. The first kappa shape index (κ1) is 24.7. The number of carbonyl (C=O) groups is 1. The number of benzene rings is 1. The molecule has 1 heterocycles. The highest BCUT2D eigenvalue weighted by atomic mass is 35.5. The topological polar surface area (TPSA) is 68.5 Å². The molecule has 2 rings (SSSR count). The molecule has 0 bridgehead atoms. The van der Waals surface area contributed by atoms with Crippen LogP contribution in [0.1, 0.15) is 34.9 Å². The maximum absolute atomic E-state index is 12.6. The Balaban J connectivity index is 0.00000312. The molecule has 0 spiro atoms. The minimum atomic E-state index is -0.110. The molecule has 2 N–H and O–H groups in total. The zero-order valence-corrected chi connectivity index (χ0v) is 18.0. The molecule has 5 nitrogen and oxygen atoms in total.